The molecule has 34 heavy (non-hydrogen) atoms. The zero-order valence-electron chi connectivity index (χ0n) is 20.2. The number of ether oxygens (including phenoxy) is 1. The highest BCUT2D eigenvalue weighted by Crippen LogP contribution is 2.25. The highest BCUT2D eigenvalue weighted by atomic mass is 19.1. The van der Waals surface area contributed by atoms with Gasteiger partial charge in [0, 0.05) is 25.2 Å². The Morgan fingerprint density at radius 2 is 1.68 bits per heavy atom. The molecule has 184 valence electrons. The van der Waals surface area contributed by atoms with E-state index in [1.807, 2.05) is 55.5 Å². The Hall–Kier alpha value is -2.44. The summed E-state index contributed by atoms with van der Waals surface area (Å²) in [5.74, 6) is 1.35. The van der Waals surface area contributed by atoms with Crippen molar-refractivity contribution in [2.45, 2.75) is 51.3 Å². The number of hydrogen-bond acceptors (Lipinski definition) is 4. The number of β-amino-alcohol motifs (C(OH)–C–C–N with tert-alkyl or cyclic N) is 1. The molecule has 4 rings (SSSR count). The lowest BCUT2D eigenvalue weighted by Crippen LogP contribution is -2.42. The van der Waals surface area contributed by atoms with Gasteiger partial charge < -0.3 is 19.6 Å². The van der Waals surface area contributed by atoms with Gasteiger partial charge >= 0.3 is 0 Å². The van der Waals surface area contributed by atoms with Crippen LogP contribution in [0.15, 0.2) is 48.5 Å². The summed E-state index contributed by atoms with van der Waals surface area (Å²) in [5.41, 5.74) is 2.78. The van der Waals surface area contributed by atoms with Crippen molar-refractivity contribution >= 4 is 5.91 Å². The highest BCUT2D eigenvalue weighted by molar-refractivity contribution is 5.94. The maximum Gasteiger partial charge on any atom is 0.253 e. The monoisotopic (exact) mass is 468 g/mol. The second-order valence-corrected chi connectivity index (χ2v) is 9.71. The number of nitrogens with zero attached hydrogens (tertiary/aromatic N) is 2. The molecule has 2 aliphatic heterocycles. The summed E-state index contributed by atoms with van der Waals surface area (Å²) < 4.78 is 19.6. The summed E-state index contributed by atoms with van der Waals surface area (Å²) in [6, 6.07) is 15.7. The molecule has 1 amide bonds. The number of carbonyl (C=O) groups is 1. The normalized spacial score (nSPS) is 20.8. The van der Waals surface area contributed by atoms with Gasteiger partial charge in [0.05, 0.1) is 12.7 Å². The number of likely N-dealkylation sites (tertiary alicyclic amines) is 2. The van der Waals surface area contributed by atoms with E-state index in [-0.39, 0.29) is 5.91 Å². The second kappa shape index (κ2) is 11.8. The molecule has 2 aliphatic rings. The lowest BCUT2D eigenvalue weighted by Gasteiger charge is -2.32. The fourth-order valence-corrected chi connectivity index (χ4v) is 4.83. The Morgan fingerprint density at radius 3 is 2.29 bits per heavy atom. The summed E-state index contributed by atoms with van der Waals surface area (Å²) in [4.78, 5) is 16.7. The molecule has 0 saturated carbocycles. The molecule has 2 aromatic rings. The number of aliphatic hydroxyl groups excluding tert-OH is 1. The molecular weight excluding hydrogens is 431 g/mol. The molecule has 2 fully saturated rings. The van der Waals surface area contributed by atoms with E-state index in [1.165, 1.54) is 0 Å². The zero-order valence-corrected chi connectivity index (χ0v) is 20.2. The third-order valence-electron chi connectivity index (χ3n) is 7.10. The average Bonchev–Trinajstić information content (AvgIpc) is 2.88. The fraction of sp³-hybridized carbons (Fsp3) is 0.536. The minimum atomic E-state index is -0.716. The maximum atomic E-state index is 13.6. The van der Waals surface area contributed by atoms with Crippen LogP contribution in [0, 0.1) is 5.92 Å². The van der Waals surface area contributed by atoms with Crippen molar-refractivity contribution in [3.63, 3.8) is 0 Å². The van der Waals surface area contributed by atoms with Crippen LogP contribution < -0.4 is 4.74 Å². The number of halogens is 1. The lowest BCUT2D eigenvalue weighted by molar-refractivity contribution is 0.0474. The van der Waals surface area contributed by atoms with Crippen LogP contribution in [0.2, 0.25) is 0 Å². The van der Waals surface area contributed by atoms with Crippen LogP contribution in [0.4, 0.5) is 4.39 Å². The predicted octanol–water partition coefficient (Wildman–Crippen LogP) is 4.79. The van der Waals surface area contributed by atoms with Crippen LogP contribution in [0.3, 0.4) is 0 Å². The van der Waals surface area contributed by atoms with Gasteiger partial charge in [0.15, 0.2) is 0 Å². The smallest absolute Gasteiger partial charge is 0.253 e. The van der Waals surface area contributed by atoms with E-state index in [9.17, 15) is 14.3 Å². The van der Waals surface area contributed by atoms with Gasteiger partial charge in [0.25, 0.3) is 5.91 Å². The third-order valence-corrected chi connectivity index (χ3v) is 7.10. The number of carbonyl (C=O) groups excluding carboxylic acids is 1. The van der Waals surface area contributed by atoms with Gasteiger partial charge in [0.2, 0.25) is 0 Å². The van der Waals surface area contributed by atoms with Crippen molar-refractivity contribution in [3.05, 3.63) is 54.1 Å². The van der Waals surface area contributed by atoms with Gasteiger partial charge in [0.1, 0.15) is 11.9 Å². The molecule has 0 spiro atoms. The minimum Gasteiger partial charge on any atom is -0.493 e. The van der Waals surface area contributed by atoms with Gasteiger partial charge in [-0.2, -0.15) is 0 Å². The molecule has 2 unspecified atom stereocenters. The average molecular weight is 469 g/mol. The van der Waals surface area contributed by atoms with E-state index >= 15 is 0 Å². The van der Waals surface area contributed by atoms with Gasteiger partial charge in [-0.3, -0.25) is 4.79 Å². The summed E-state index contributed by atoms with van der Waals surface area (Å²) in [6.45, 7) is 6.17. The first-order valence-electron chi connectivity index (χ1n) is 12.7. The first kappa shape index (κ1) is 24.7. The first-order valence-corrected chi connectivity index (χ1v) is 12.7. The van der Waals surface area contributed by atoms with Crippen molar-refractivity contribution in [3.8, 4) is 16.9 Å². The van der Waals surface area contributed by atoms with Crippen LogP contribution in [0.1, 0.15) is 49.4 Å². The second-order valence-electron chi connectivity index (χ2n) is 9.71. The van der Waals surface area contributed by atoms with Crippen LogP contribution in [-0.2, 0) is 0 Å². The van der Waals surface area contributed by atoms with Crippen molar-refractivity contribution in [1.29, 1.82) is 0 Å². The summed E-state index contributed by atoms with van der Waals surface area (Å²) in [5, 5.41) is 9.83. The molecule has 2 saturated heterocycles. The van der Waals surface area contributed by atoms with E-state index in [1.54, 1.807) is 4.90 Å². The Kier molecular flexibility index (Phi) is 8.57. The van der Waals surface area contributed by atoms with Crippen molar-refractivity contribution < 1.29 is 19.0 Å². The predicted molar refractivity (Wildman–Crippen MR) is 133 cm³/mol. The van der Waals surface area contributed by atoms with Crippen molar-refractivity contribution in [2.75, 3.05) is 39.3 Å². The lowest BCUT2D eigenvalue weighted by atomic mass is 9.97. The summed E-state index contributed by atoms with van der Waals surface area (Å²) in [7, 11) is 0. The number of rotatable bonds is 8. The van der Waals surface area contributed by atoms with Crippen molar-refractivity contribution in [1.82, 2.24) is 9.80 Å². The summed E-state index contributed by atoms with van der Waals surface area (Å²) in [6.07, 6.45) is 3.17. The topological polar surface area (TPSA) is 53.0 Å². The number of amides is 1. The van der Waals surface area contributed by atoms with Gasteiger partial charge in [-0.15, -0.1) is 0 Å². The molecule has 2 atom stereocenters. The molecule has 2 heterocycles. The summed E-state index contributed by atoms with van der Waals surface area (Å²) >= 11 is 0. The number of hydrogen-bond donors (Lipinski definition) is 1. The molecule has 2 aromatic carbocycles. The molecule has 6 heteroatoms. The van der Waals surface area contributed by atoms with Crippen LogP contribution in [0.5, 0.6) is 5.75 Å². The Bertz CT molecular complexity index is 910. The van der Waals surface area contributed by atoms with Crippen molar-refractivity contribution in [2.24, 2.45) is 5.92 Å². The van der Waals surface area contributed by atoms with Gasteiger partial charge in [-0.25, -0.2) is 4.39 Å². The minimum absolute atomic E-state index is 0.0187. The SMILES string of the molecule is CCC(F)CN1CCC(COc2ccc(-c3ccc(C(=O)N4CCCC(O)C4)cc3)cc2)CC1. The van der Waals surface area contributed by atoms with Crippen LogP contribution in [0.25, 0.3) is 11.1 Å². The quantitative estimate of drug-likeness (QED) is 0.605. The van der Waals surface area contributed by atoms with E-state index in [2.05, 4.69) is 4.90 Å². The highest BCUT2D eigenvalue weighted by Gasteiger charge is 2.23. The Labute approximate surface area is 202 Å². The number of piperidine rings is 2. The van der Waals surface area contributed by atoms with Crippen LogP contribution >= 0.6 is 0 Å². The van der Waals surface area contributed by atoms with E-state index in [4.69, 9.17) is 4.74 Å². The molecule has 0 aliphatic carbocycles. The van der Waals surface area contributed by atoms with Gasteiger partial charge in [-0.1, -0.05) is 31.2 Å². The fourth-order valence-electron chi connectivity index (χ4n) is 4.83. The number of alkyl halides is 1. The van der Waals surface area contributed by atoms with E-state index < -0.39 is 12.3 Å². The molecular formula is C28H37FN2O3. The first-order chi connectivity index (χ1) is 16.5. The van der Waals surface area contributed by atoms with E-state index in [0.717, 1.165) is 55.6 Å². The van der Waals surface area contributed by atoms with E-state index in [0.29, 0.717) is 44.1 Å². The standard InChI is InChI=1S/C28H37FN2O3/c1-2-25(29)18-30-16-13-21(14-17-30)20-34-27-11-9-23(10-12-27)22-5-7-24(8-6-22)28(33)31-15-3-4-26(32)19-31/h5-12,21,25-26,32H,2-4,13-20H2,1H3. The molecule has 0 radical (unpaired) electrons. The third kappa shape index (κ3) is 6.57. The van der Waals surface area contributed by atoms with Gasteiger partial charge in [-0.05, 0) is 86.5 Å². The number of aliphatic hydroxyl groups is 1. The molecule has 0 bridgehead atoms. The Balaban J connectivity index is 1.25. The van der Waals surface area contributed by atoms with Crippen LogP contribution in [-0.4, -0.2) is 72.4 Å². The molecule has 5 nitrogen and oxygen atoms in total. The maximum absolute atomic E-state index is 13.6. The number of benzene rings is 2. The molecule has 1 N–H and O–H groups in total. The zero-order chi connectivity index (χ0) is 23.9. The Morgan fingerprint density at radius 1 is 1.03 bits per heavy atom. The largest absolute Gasteiger partial charge is 0.493 e. The molecule has 0 aromatic heterocycles.